The Hall–Kier alpha value is -3.87. The average molecular weight is 584 g/mol. The molecule has 1 aliphatic rings. The van der Waals surface area contributed by atoms with Crippen LogP contribution in [0.3, 0.4) is 0 Å². The Morgan fingerprint density at radius 1 is 1.10 bits per heavy atom. The second kappa shape index (κ2) is 11.6. The summed E-state index contributed by atoms with van der Waals surface area (Å²) < 4.78 is 39.1. The highest BCUT2D eigenvalue weighted by atomic mass is 32.1. The monoisotopic (exact) mass is 583 g/mol. The summed E-state index contributed by atoms with van der Waals surface area (Å²) in [7, 11) is 0. The van der Waals surface area contributed by atoms with Crippen LogP contribution in [0.5, 0.6) is 0 Å². The van der Waals surface area contributed by atoms with Crippen molar-refractivity contribution >= 4 is 34.6 Å². The van der Waals surface area contributed by atoms with Gasteiger partial charge in [-0.1, -0.05) is 18.2 Å². The van der Waals surface area contributed by atoms with Crippen LogP contribution < -0.4 is 10.6 Å². The summed E-state index contributed by atoms with van der Waals surface area (Å²) in [6.45, 7) is 1.75. The molecule has 8 nitrogen and oxygen atoms in total. The standard InChI is InChI=1S/C29H28F3N5O3S/c1-17-11-20(14-22(12-17)36-27-33-10-7-24(37-27)29(30,31)32)23-15-34-26(41-23)28(40)8-5-19(6-9-28)25(39)35-21-4-2-3-18(13-21)16-38/h2-4,7,10-15,19,38,40H,5-6,8-9,16H2,1H3,(H,35,39)(H,33,36,37)/t19-,28-. The van der Waals surface area contributed by atoms with E-state index in [2.05, 4.69) is 25.6 Å². The fraction of sp³-hybridized carbons (Fsp3) is 0.310. The van der Waals surface area contributed by atoms with E-state index in [0.29, 0.717) is 47.6 Å². The minimum atomic E-state index is -4.58. The van der Waals surface area contributed by atoms with Crippen molar-refractivity contribution in [1.29, 1.82) is 0 Å². The van der Waals surface area contributed by atoms with E-state index in [-0.39, 0.29) is 24.4 Å². The van der Waals surface area contributed by atoms with Crippen LogP contribution in [-0.4, -0.2) is 31.1 Å². The van der Waals surface area contributed by atoms with Crippen LogP contribution in [0, 0.1) is 12.8 Å². The van der Waals surface area contributed by atoms with Gasteiger partial charge in [-0.05, 0) is 79.6 Å². The van der Waals surface area contributed by atoms with E-state index < -0.39 is 17.5 Å². The number of aliphatic hydroxyl groups excluding tert-OH is 1. The number of thiazole rings is 1. The van der Waals surface area contributed by atoms with Crippen molar-refractivity contribution < 1.29 is 28.2 Å². The number of aryl methyl sites for hydroxylation is 1. The number of amides is 1. The minimum absolute atomic E-state index is 0.111. The van der Waals surface area contributed by atoms with Gasteiger partial charge in [0, 0.05) is 29.7 Å². The summed E-state index contributed by atoms with van der Waals surface area (Å²) in [4.78, 5) is 25.6. The lowest BCUT2D eigenvalue weighted by Gasteiger charge is -2.33. The second-order valence-electron chi connectivity index (χ2n) is 10.2. The zero-order valence-corrected chi connectivity index (χ0v) is 22.9. The number of hydrogen-bond acceptors (Lipinski definition) is 8. The second-order valence-corrected chi connectivity index (χ2v) is 11.2. The molecule has 2 aromatic heterocycles. The third-order valence-electron chi connectivity index (χ3n) is 7.03. The van der Waals surface area contributed by atoms with Gasteiger partial charge in [0.1, 0.15) is 16.3 Å². The molecule has 0 saturated heterocycles. The van der Waals surface area contributed by atoms with Gasteiger partial charge in [-0.15, -0.1) is 11.3 Å². The highest BCUT2D eigenvalue weighted by Gasteiger charge is 2.39. The number of halogens is 3. The van der Waals surface area contributed by atoms with E-state index in [4.69, 9.17) is 0 Å². The number of anilines is 3. The van der Waals surface area contributed by atoms with Crippen LogP contribution in [0.1, 0.15) is 47.5 Å². The first-order chi connectivity index (χ1) is 19.5. The molecule has 1 amide bonds. The van der Waals surface area contributed by atoms with Crippen LogP contribution in [0.25, 0.3) is 10.4 Å². The summed E-state index contributed by atoms with van der Waals surface area (Å²) in [5.74, 6) is -0.542. The van der Waals surface area contributed by atoms with Crippen LogP contribution in [0.15, 0.2) is 60.9 Å². The number of hydrogen-bond donors (Lipinski definition) is 4. The Labute approximate surface area is 238 Å². The molecule has 4 N–H and O–H groups in total. The van der Waals surface area contributed by atoms with Crippen LogP contribution in [0.4, 0.5) is 30.5 Å². The fourth-order valence-electron chi connectivity index (χ4n) is 4.89. The smallest absolute Gasteiger partial charge is 0.392 e. The quantitative estimate of drug-likeness (QED) is 0.205. The van der Waals surface area contributed by atoms with Crippen molar-refractivity contribution in [1.82, 2.24) is 15.0 Å². The number of nitrogens with zero attached hydrogens (tertiary/aromatic N) is 3. The first-order valence-corrected chi connectivity index (χ1v) is 13.8. The lowest BCUT2D eigenvalue weighted by Crippen LogP contribution is -2.35. The van der Waals surface area contributed by atoms with Crippen molar-refractivity contribution in [3.63, 3.8) is 0 Å². The summed E-state index contributed by atoms with van der Waals surface area (Å²) in [6, 6.07) is 13.3. The summed E-state index contributed by atoms with van der Waals surface area (Å²) in [5.41, 5.74) is 1.30. The minimum Gasteiger partial charge on any atom is -0.392 e. The zero-order chi connectivity index (χ0) is 29.2. The molecule has 0 bridgehead atoms. The van der Waals surface area contributed by atoms with Crippen LogP contribution in [-0.2, 0) is 23.2 Å². The third kappa shape index (κ3) is 6.72. The fourth-order valence-corrected chi connectivity index (χ4v) is 5.94. The van der Waals surface area contributed by atoms with Gasteiger partial charge in [0.2, 0.25) is 11.9 Å². The van der Waals surface area contributed by atoms with E-state index in [0.717, 1.165) is 28.3 Å². The number of carbonyl (C=O) groups excluding carboxylic acids is 1. The molecule has 214 valence electrons. The number of carbonyl (C=O) groups is 1. The molecule has 0 radical (unpaired) electrons. The van der Waals surface area contributed by atoms with Crippen molar-refractivity contribution in [3.05, 3.63) is 82.8 Å². The molecule has 0 spiro atoms. The molecule has 0 atom stereocenters. The number of alkyl halides is 3. The SMILES string of the molecule is Cc1cc(Nc2nccc(C(F)(F)F)n2)cc(-c2cnc([C@]3(O)CC[C@H](C(=O)Nc4cccc(CO)c4)CC3)s2)c1. The number of aliphatic hydroxyl groups is 2. The van der Waals surface area contributed by atoms with Crippen molar-refractivity contribution in [2.75, 3.05) is 10.6 Å². The molecule has 1 saturated carbocycles. The van der Waals surface area contributed by atoms with Gasteiger partial charge in [0.15, 0.2) is 0 Å². The maximum Gasteiger partial charge on any atom is 0.433 e. The van der Waals surface area contributed by atoms with Gasteiger partial charge in [-0.3, -0.25) is 4.79 Å². The van der Waals surface area contributed by atoms with E-state index in [9.17, 15) is 28.2 Å². The Balaban J connectivity index is 1.26. The normalized spacial score (nSPS) is 19.1. The summed E-state index contributed by atoms with van der Waals surface area (Å²) in [5, 5.41) is 27.0. The Morgan fingerprint density at radius 3 is 2.61 bits per heavy atom. The van der Waals surface area contributed by atoms with E-state index in [1.165, 1.54) is 11.3 Å². The van der Waals surface area contributed by atoms with Crippen molar-refractivity contribution in [3.8, 4) is 10.4 Å². The Kier molecular flexibility index (Phi) is 8.07. The topological polar surface area (TPSA) is 120 Å². The molecule has 0 aliphatic heterocycles. The van der Waals surface area contributed by atoms with Gasteiger partial charge in [-0.25, -0.2) is 15.0 Å². The van der Waals surface area contributed by atoms with Gasteiger partial charge in [0.05, 0.1) is 11.5 Å². The van der Waals surface area contributed by atoms with Gasteiger partial charge in [-0.2, -0.15) is 13.2 Å². The largest absolute Gasteiger partial charge is 0.433 e. The highest BCUT2D eigenvalue weighted by Crippen LogP contribution is 2.43. The number of benzene rings is 2. The first kappa shape index (κ1) is 28.7. The molecule has 12 heteroatoms. The number of nitrogens with one attached hydrogen (secondary N) is 2. The number of aromatic nitrogens is 3. The first-order valence-electron chi connectivity index (χ1n) is 13.0. The molecule has 2 aromatic carbocycles. The third-order valence-corrected chi connectivity index (χ3v) is 8.27. The average Bonchev–Trinajstić information content (AvgIpc) is 3.45. The Bertz CT molecular complexity index is 1550. The maximum absolute atomic E-state index is 13.0. The highest BCUT2D eigenvalue weighted by molar-refractivity contribution is 7.15. The van der Waals surface area contributed by atoms with E-state index in [1.807, 2.05) is 13.0 Å². The number of rotatable bonds is 7. The lowest BCUT2D eigenvalue weighted by molar-refractivity contribution is -0.141. The molecule has 1 aliphatic carbocycles. The van der Waals surface area contributed by atoms with E-state index >= 15 is 0 Å². The predicted octanol–water partition coefficient (Wildman–Crippen LogP) is 6.18. The van der Waals surface area contributed by atoms with Crippen molar-refractivity contribution in [2.24, 2.45) is 5.92 Å². The summed E-state index contributed by atoms with van der Waals surface area (Å²) >= 11 is 1.34. The maximum atomic E-state index is 13.0. The van der Waals surface area contributed by atoms with Gasteiger partial charge in [0.25, 0.3) is 0 Å². The molecule has 4 aromatic rings. The van der Waals surface area contributed by atoms with Gasteiger partial charge >= 0.3 is 6.18 Å². The molecular weight excluding hydrogens is 555 g/mol. The lowest BCUT2D eigenvalue weighted by atomic mass is 9.78. The van der Waals surface area contributed by atoms with Crippen molar-refractivity contribution in [2.45, 2.75) is 51.0 Å². The summed E-state index contributed by atoms with van der Waals surface area (Å²) in [6.07, 6.45) is -0.114. The molecular formula is C29H28F3N5O3S. The molecule has 41 heavy (non-hydrogen) atoms. The molecule has 2 heterocycles. The van der Waals surface area contributed by atoms with Crippen LogP contribution in [0.2, 0.25) is 0 Å². The Morgan fingerprint density at radius 2 is 1.88 bits per heavy atom. The van der Waals surface area contributed by atoms with Gasteiger partial charge < -0.3 is 20.8 Å². The molecule has 1 fully saturated rings. The zero-order valence-electron chi connectivity index (χ0n) is 22.1. The van der Waals surface area contributed by atoms with Crippen LogP contribution >= 0.6 is 11.3 Å². The van der Waals surface area contributed by atoms with E-state index in [1.54, 1.807) is 42.6 Å². The molecule has 5 rings (SSSR count). The molecule has 0 unspecified atom stereocenters. The predicted molar refractivity (Wildman–Crippen MR) is 149 cm³/mol.